The molecule has 28 heavy (non-hydrogen) atoms. The Balaban J connectivity index is 1.92. The molecule has 144 valence electrons. The summed E-state index contributed by atoms with van der Waals surface area (Å²) in [6.45, 7) is 11.1. The molecule has 0 aliphatic carbocycles. The zero-order chi connectivity index (χ0) is 20.1. The SMILES string of the molecule is C/C(=C/c1cccc(-c2ccccc2)n1)Nc1c(C(C)C)cccc1C(C)C. The molecule has 1 heterocycles. The van der Waals surface area contributed by atoms with Crippen molar-refractivity contribution in [2.45, 2.75) is 46.5 Å². The minimum Gasteiger partial charge on any atom is -0.359 e. The van der Waals surface area contributed by atoms with Gasteiger partial charge in [0.05, 0.1) is 11.4 Å². The molecule has 2 nitrogen and oxygen atoms in total. The smallest absolute Gasteiger partial charge is 0.0709 e. The van der Waals surface area contributed by atoms with Crippen LogP contribution in [0, 0.1) is 0 Å². The maximum absolute atomic E-state index is 4.82. The van der Waals surface area contributed by atoms with Gasteiger partial charge in [-0.15, -0.1) is 0 Å². The number of aromatic nitrogens is 1. The van der Waals surface area contributed by atoms with Crippen LogP contribution in [0.4, 0.5) is 5.69 Å². The molecule has 0 amide bonds. The van der Waals surface area contributed by atoms with Crippen LogP contribution in [0.3, 0.4) is 0 Å². The van der Waals surface area contributed by atoms with Gasteiger partial charge >= 0.3 is 0 Å². The molecule has 0 saturated heterocycles. The highest BCUT2D eigenvalue weighted by atomic mass is 14.9. The van der Waals surface area contributed by atoms with Crippen molar-refractivity contribution in [1.82, 2.24) is 4.98 Å². The molecule has 0 fully saturated rings. The topological polar surface area (TPSA) is 24.9 Å². The Hall–Kier alpha value is -2.87. The van der Waals surface area contributed by atoms with Crippen molar-refractivity contribution in [2.24, 2.45) is 0 Å². The minimum absolute atomic E-state index is 0.466. The van der Waals surface area contributed by atoms with E-state index in [9.17, 15) is 0 Å². The van der Waals surface area contributed by atoms with Crippen LogP contribution in [0.25, 0.3) is 17.3 Å². The fourth-order valence-corrected chi connectivity index (χ4v) is 3.45. The van der Waals surface area contributed by atoms with E-state index in [-0.39, 0.29) is 0 Å². The largest absolute Gasteiger partial charge is 0.359 e. The van der Waals surface area contributed by atoms with Crippen molar-refractivity contribution in [3.63, 3.8) is 0 Å². The van der Waals surface area contributed by atoms with Gasteiger partial charge in [-0.1, -0.05) is 82.3 Å². The van der Waals surface area contributed by atoms with E-state index in [4.69, 9.17) is 4.98 Å². The maximum Gasteiger partial charge on any atom is 0.0709 e. The number of anilines is 1. The highest BCUT2D eigenvalue weighted by Gasteiger charge is 2.13. The zero-order valence-electron chi connectivity index (χ0n) is 17.5. The van der Waals surface area contributed by atoms with Crippen LogP contribution in [-0.4, -0.2) is 4.98 Å². The van der Waals surface area contributed by atoms with E-state index in [2.05, 4.69) is 94.5 Å². The molecule has 0 bridgehead atoms. The van der Waals surface area contributed by atoms with E-state index in [0.29, 0.717) is 11.8 Å². The summed E-state index contributed by atoms with van der Waals surface area (Å²) in [5, 5.41) is 3.67. The molecule has 0 atom stereocenters. The van der Waals surface area contributed by atoms with Crippen LogP contribution >= 0.6 is 0 Å². The second-order valence-electron chi connectivity index (χ2n) is 7.89. The Morgan fingerprint density at radius 2 is 1.39 bits per heavy atom. The van der Waals surface area contributed by atoms with E-state index in [1.54, 1.807) is 0 Å². The summed E-state index contributed by atoms with van der Waals surface area (Å²) in [7, 11) is 0. The van der Waals surface area contributed by atoms with Crippen LogP contribution < -0.4 is 5.32 Å². The van der Waals surface area contributed by atoms with E-state index in [1.165, 1.54) is 16.8 Å². The van der Waals surface area contributed by atoms with Gasteiger partial charge in [-0.05, 0) is 48.1 Å². The lowest BCUT2D eigenvalue weighted by molar-refractivity contribution is 0.837. The van der Waals surface area contributed by atoms with Gasteiger partial charge in [0.15, 0.2) is 0 Å². The van der Waals surface area contributed by atoms with Gasteiger partial charge in [0.1, 0.15) is 0 Å². The van der Waals surface area contributed by atoms with Gasteiger partial charge in [0, 0.05) is 16.9 Å². The average molecular weight is 371 g/mol. The summed E-state index contributed by atoms with van der Waals surface area (Å²) in [5.74, 6) is 0.932. The van der Waals surface area contributed by atoms with E-state index < -0.39 is 0 Å². The lowest BCUT2D eigenvalue weighted by Gasteiger charge is -2.21. The summed E-state index contributed by atoms with van der Waals surface area (Å²) in [5.41, 5.74) is 8.12. The Morgan fingerprint density at radius 3 is 2.00 bits per heavy atom. The van der Waals surface area contributed by atoms with Crippen LogP contribution in [-0.2, 0) is 0 Å². The average Bonchev–Trinajstić information content (AvgIpc) is 2.68. The van der Waals surface area contributed by atoms with Crippen LogP contribution in [0.5, 0.6) is 0 Å². The lowest BCUT2D eigenvalue weighted by atomic mass is 9.92. The fourth-order valence-electron chi connectivity index (χ4n) is 3.45. The van der Waals surface area contributed by atoms with Gasteiger partial charge in [-0.2, -0.15) is 0 Å². The molecule has 3 rings (SSSR count). The first kappa shape index (κ1) is 19.9. The number of nitrogens with zero attached hydrogens (tertiary/aromatic N) is 1. The first-order valence-electron chi connectivity index (χ1n) is 10.1. The Bertz CT molecular complexity index is 927. The number of nitrogens with one attached hydrogen (secondary N) is 1. The Morgan fingerprint density at radius 1 is 0.786 bits per heavy atom. The van der Waals surface area contributed by atoms with Crippen molar-refractivity contribution in [2.75, 3.05) is 5.32 Å². The van der Waals surface area contributed by atoms with Crippen molar-refractivity contribution in [3.8, 4) is 11.3 Å². The maximum atomic E-state index is 4.82. The standard InChI is InChI=1S/C26H30N2/c1-18(2)23-14-10-15-24(19(3)4)26(23)27-20(5)17-22-13-9-16-25(28-22)21-11-7-6-8-12-21/h6-19,27H,1-5H3/b20-17-. The number of pyridine rings is 1. The van der Waals surface area contributed by atoms with Crippen molar-refractivity contribution in [3.05, 3.63) is 89.2 Å². The van der Waals surface area contributed by atoms with Crippen LogP contribution in [0.15, 0.2) is 72.4 Å². The molecule has 0 aliphatic rings. The molecule has 2 heteroatoms. The number of para-hydroxylation sites is 1. The summed E-state index contributed by atoms with van der Waals surface area (Å²) in [6.07, 6.45) is 2.12. The third-order valence-corrected chi connectivity index (χ3v) is 4.90. The molecule has 0 saturated carbocycles. The Labute approximate surface area is 169 Å². The highest BCUT2D eigenvalue weighted by Crippen LogP contribution is 2.33. The third kappa shape index (κ3) is 4.69. The van der Waals surface area contributed by atoms with Gasteiger partial charge in [-0.3, -0.25) is 0 Å². The number of rotatable bonds is 6. The monoisotopic (exact) mass is 370 g/mol. The second kappa shape index (κ2) is 8.88. The first-order valence-corrected chi connectivity index (χ1v) is 10.1. The molecule has 0 radical (unpaired) electrons. The van der Waals surface area contributed by atoms with Crippen LogP contribution in [0.1, 0.15) is 63.3 Å². The summed E-state index contributed by atoms with van der Waals surface area (Å²) < 4.78 is 0. The van der Waals surface area contributed by atoms with Crippen molar-refractivity contribution >= 4 is 11.8 Å². The van der Waals surface area contributed by atoms with Gasteiger partial charge < -0.3 is 5.32 Å². The molecule has 3 aromatic rings. The highest BCUT2D eigenvalue weighted by molar-refractivity contribution is 5.67. The molecule has 1 N–H and O–H groups in total. The van der Waals surface area contributed by atoms with Gasteiger partial charge in [0.2, 0.25) is 0 Å². The third-order valence-electron chi connectivity index (χ3n) is 4.90. The van der Waals surface area contributed by atoms with E-state index in [1.807, 2.05) is 18.2 Å². The normalized spacial score (nSPS) is 11.9. The number of allylic oxidation sites excluding steroid dienone is 1. The molecule has 1 aromatic heterocycles. The predicted octanol–water partition coefficient (Wildman–Crippen LogP) is 7.47. The second-order valence-corrected chi connectivity index (χ2v) is 7.89. The van der Waals surface area contributed by atoms with E-state index in [0.717, 1.165) is 22.6 Å². The van der Waals surface area contributed by atoms with Crippen LogP contribution in [0.2, 0.25) is 0 Å². The summed E-state index contributed by atoms with van der Waals surface area (Å²) in [4.78, 5) is 4.82. The molecule has 0 aliphatic heterocycles. The lowest BCUT2D eigenvalue weighted by Crippen LogP contribution is -2.06. The van der Waals surface area contributed by atoms with Gasteiger partial charge in [-0.25, -0.2) is 4.98 Å². The van der Waals surface area contributed by atoms with E-state index >= 15 is 0 Å². The quantitative estimate of drug-likeness (QED) is 0.487. The number of hydrogen-bond donors (Lipinski definition) is 1. The molecular weight excluding hydrogens is 340 g/mol. The molecule has 0 spiro atoms. The number of benzene rings is 2. The predicted molar refractivity (Wildman–Crippen MR) is 122 cm³/mol. The Kier molecular flexibility index (Phi) is 6.30. The molecule has 2 aromatic carbocycles. The summed E-state index contributed by atoms with van der Waals surface area (Å²) in [6, 6.07) is 23.1. The molecule has 0 unspecified atom stereocenters. The van der Waals surface area contributed by atoms with Crippen molar-refractivity contribution in [1.29, 1.82) is 0 Å². The fraction of sp³-hybridized carbons (Fsp3) is 0.269. The zero-order valence-corrected chi connectivity index (χ0v) is 17.5. The van der Waals surface area contributed by atoms with Crippen molar-refractivity contribution < 1.29 is 0 Å². The number of hydrogen-bond acceptors (Lipinski definition) is 2. The minimum atomic E-state index is 0.466. The first-order chi connectivity index (χ1) is 13.5. The summed E-state index contributed by atoms with van der Waals surface area (Å²) >= 11 is 0. The van der Waals surface area contributed by atoms with Gasteiger partial charge in [0.25, 0.3) is 0 Å². The molecular formula is C26H30N2.